The van der Waals surface area contributed by atoms with Gasteiger partial charge in [-0.05, 0) is 35.9 Å². The van der Waals surface area contributed by atoms with Gasteiger partial charge in [-0.25, -0.2) is 9.18 Å². The molecular formula is C20H21FN2O4. The van der Waals surface area contributed by atoms with Gasteiger partial charge in [0.1, 0.15) is 5.82 Å². The van der Waals surface area contributed by atoms with Crippen LogP contribution < -0.4 is 10.2 Å². The van der Waals surface area contributed by atoms with Crippen LogP contribution in [0.5, 0.6) is 0 Å². The summed E-state index contributed by atoms with van der Waals surface area (Å²) in [7, 11) is 1.30. The molecule has 1 fully saturated rings. The summed E-state index contributed by atoms with van der Waals surface area (Å²) in [6.07, 6.45) is 0.0755. The first kappa shape index (κ1) is 18.8. The molecule has 1 aliphatic heterocycles. The number of anilines is 2. The topological polar surface area (TPSA) is 67.9 Å². The average Bonchev–Trinajstić information content (AvgIpc) is 2.70. The van der Waals surface area contributed by atoms with E-state index in [9.17, 15) is 14.0 Å². The number of methoxy groups -OCH3 is 1. The fraction of sp³-hybridized carbons (Fsp3) is 0.300. The first-order valence-electron chi connectivity index (χ1n) is 8.66. The summed E-state index contributed by atoms with van der Waals surface area (Å²) < 4.78 is 23.2. The zero-order valence-corrected chi connectivity index (χ0v) is 15.0. The summed E-state index contributed by atoms with van der Waals surface area (Å²) in [6, 6.07) is 11.0. The Balaban J connectivity index is 1.77. The Labute approximate surface area is 156 Å². The van der Waals surface area contributed by atoms with Crippen molar-refractivity contribution in [2.45, 2.75) is 6.42 Å². The lowest BCUT2D eigenvalue weighted by molar-refractivity contribution is -0.115. The summed E-state index contributed by atoms with van der Waals surface area (Å²) in [4.78, 5) is 26.6. The lowest BCUT2D eigenvalue weighted by Crippen LogP contribution is -2.36. The molecule has 0 radical (unpaired) electrons. The van der Waals surface area contributed by atoms with Gasteiger partial charge in [0.15, 0.2) is 0 Å². The third-order valence-electron chi connectivity index (χ3n) is 4.34. The van der Waals surface area contributed by atoms with Gasteiger partial charge in [-0.15, -0.1) is 0 Å². The van der Waals surface area contributed by atoms with E-state index in [4.69, 9.17) is 9.47 Å². The van der Waals surface area contributed by atoms with E-state index in [-0.39, 0.29) is 23.7 Å². The van der Waals surface area contributed by atoms with E-state index in [0.29, 0.717) is 24.5 Å². The summed E-state index contributed by atoms with van der Waals surface area (Å²) in [5.74, 6) is -1.18. The zero-order valence-electron chi connectivity index (χ0n) is 15.0. The number of ether oxygens (including phenoxy) is 2. The number of nitrogens with zero attached hydrogens (tertiary/aromatic N) is 1. The molecule has 2 aromatic rings. The van der Waals surface area contributed by atoms with Crippen molar-refractivity contribution in [3.63, 3.8) is 0 Å². The number of rotatable bonds is 5. The van der Waals surface area contributed by atoms with Gasteiger partial charge in [0.2, 0.25) is 5.91 Å². The highest BCUT2D eigenvalue weighted by Gasteiger charge is 2.18. The maximum atomic E-state index is 13.0. The van der Waals surface area contributed by atoms with E-state index in [0.717, 1.165) is 18.8 Å². The van der Waals surface area contributed by atoms with E-state index in [1.807, 2.05) is 6.07 Å². The third kappa shape index (κ3) is 4.83. The summed E-state index contributed by atoms with van der Waals surface area (Å²) in [5.41, 5.74) is 2.22. The van der Waals surface area contributed by atoms with Gasteiger partial charge < -0.3 is 19.7 Å². The predicted molar refractivity (Wildman–Crippen MR) is 99.5 cm³/mol. The predicted octanol–water partition coefficient (Wildman–Crippen LogP) is 2.63. The van der Waals surface area contributed by atoms with E-state index < -0.39 is 5.97 Å². The summed E-state index contributed by atoms with van der Waals surface area (Å²) in [6.45, 7) is 2.72. The van der Waals surface area contributed by atoms with Gasteiger partial charge in [-0.1, -0.05) is 12.1 Å². The highest BCUT2D eigenvalue weighted by molar-refractivity contribution is 6.02. The van der Waals surface area contributed by atoms with Crippen molar-refractivity contribution in [2.75, 3.05) is 43.6 Å². The highest BCUT2D eigenvalue weighted by atomic mass is 19.1. The number of carbonyl (C=O) groups excluding carboxylic acids is 2. The van der Waals surface area contributed by atoms with E-state index in [2.05, 4.69) is 10.2 Å². The SMILES string of the molecule is COC(=O)c1cc(N2CCOCC2)ccc1NC(=O)Cc1ccc(F)cc1. The smallest absolute Gasteiger partial charge is 0.340 e. The number of esters is 1. The van der Waals surface area contributed by atoms with Crippen molar-refractivity contribution in [1.29, 1.82) is 0 Å². The minimum absolute atomic E-state index is 0.0755. The molecule has 0 saturated carbocycles. The van der Waals surface area contributed by atoms with E-state index >= 15 is 0 Å². The van der Waals surface area contributed by atoms with Gasteiger partial charge in [0.25, 0.3) is 0 Å². The monoisotopic (exact) mass is 372 g/mol. The van der Waals surface area contributed by atoms with E-state index in [1.165, 1.54) is 19.2 Å². The highest BCUT2D eigenvalue weighted by Crippen LogP contribution is 2.25. The Morgan fingerprint density at radius 3 is 2.52 bits per heavy atom. The van der Waals surface area contributed by atoms with Crippen LogP contribution in [0.1, 0.15) is 15.9 Å². The number of nitrogens with one attached hydrogen (secondary N) is 1. The van der Waals surface area contributed by atoms with Crippen LogP contribution in [0.4, 0.5) is 15.8 Å². The van der Waals surface area contributed by atoms with E-state index in [1.54, 1.807) is 24.3 Å². The number of carbonyl (C=O) groups is 2. The second kappa shape index (κ2) is 8.64. The molecule has 7 heteroatoms. The molecule has 1 N–H and O–H groups in total. The second-order valence-corrected chi connectivity index (χ2v) is 6.17. The average molecular weight is 372 g/mol. The van der Waals surface area contributed by atoms with Crippen LogP contribution in [0.3, 0.4) is 0 Å². The Morgan fingerprint density at radius 2 is 1.85 bits per heavy atom. The van der Waals surface area contributed by atoms with Crippen LogP contribution in [0.15, 0.2) is 42.5 Å². The Kier molecular flexibility index (Phi) is 6.03. The molecule has 1 saturated heterocycles. The van der Waals surface area contributed by atoms with Crippen molar-refractivity contribution >= 4 is 23.3 Å². The fourth-order valence-electron chi connectivity index (χ4n) is 2.92. The Morgan fingerprint density at radius 1 is 1.15 bits per heavy atom. The molecule has 0 aliphatic carbocycles. The van der Waals surface area contributed by atoms with Crippen molar-refractivity contribution in [3.05, 3.63) is 59.4 Å². The molecule has 2 aromatic carbocycles. The first-order chi connectivity index (χ1) is 13.1. The van der Waals surface area contributed by atoms with Gasteiger partial charge >= 0.3 is 5.97 Å². The Bertz CT molecular complexity index is 817. The molecule has 0 spiro atoms. The van der Waals surface area contributed by atoms with Crippen LogP contribution in [0.2, 0.25) is 0 Å². The van der Waals surface area contributed by atoms with Crippen LogP contribution in [-0.4, -0.2) is 45.3 Å². The van der Waals surface area contributed by atoms with Crippen LogP contribution in [-0.2, 0) is 20.7 Å². The fourth-order valence-corrected chi connectivity index (χ4v) is 2.92. The molecule has 3 rings (SSSR count). The number of hydrogen-bond donors (Lipinski definition) is 1. The number of hydrogen-bond acceptors (Lipinski definition) is 5. The summed E-state index contributed by atoms with van der Waals surface area (Å²) in [5, 5.41) is 2.74. The summed E-state index contributed by atoms with van der Waals surface area (Å²) >= 11 is 0. The molecule has 27 heavy (non-hydrogen) atoms. The molecule has 1 aliphatic rings. The minimum atomic E-state index is -0.526. The van der Waals surface area contributed by atoms with Crippen LogP contribution >= 0.6 is 0 Å². The molecule has 6 nitrogen and oxygen atoms in total. The molecule has 1 amide bonds. The second-order valence-electron chi connectivity index (χ2n) is 6.17. The van der Waals surface area contributed by atoms with Crippen molar-refractivity contribution in [2.24, 2.45) is 0 Å². The maximum absolute atomic E-state index is 13.0. The number of amides is 1. The van der Waals surface area contributed by atoms with Crippen molar-refractivity contribution in [3.8, 4) is 0 Å². The lowest BCUT2D eigenvalue weighted by Gasteiger charge is -2.29. The van der Waals surface area contributed by atoms with Gasteiger partial charge in [0.05, 0.1) is 38.0 Å². The molecule has 0 bridgehead atoms. The van der Waals surface area contributed by atoms with Crippen LogP contribution in [0.25, 0.3) is 0 Å². The van der Waals surface area contributed by atoms with Crippen LogP contribution in [0, 0.1) is 5.82 Å². The molecule has 1 heterocycles. The number of morpholine rings is 1. The maximum Gasteiger partial charge on any atom is 0.340 e. The van der Waals surface area contributed by atoms with Gasteiger partial charge in [-0.3, -0.25) is 4.79 Å². The first-order valence-corrected chi connectivity index (χ1v) is 8.66. The lowest BCUT2D eigenvalue weighted by atomic mass is 10.1. The largest absolute Gasteiger partial charge is 0.465 e. The minimum Gasteiger partial charge on any atom is -0.465 e. The standard InChI is InChI=1S/C20H21FN2O4/c1-26-20(25)17-13-16(23-8-10-27-11-9-23)6-7-18(17)22-19(24)12-14-2-4-15(21)5-3-14/h2-7,13H,8-12H2,1H3,(H,22,24). The zero-order chi connectivity index (χ0) is 19.2. The Hall–Kier alpha value is -2.93. The third-order valence-corrected chi connectivity index (χ3v) is 4.34. The molecular weight excluding hydrogens is 351 g/mol. The normalized spacial score (nSPS) is 13.9. The van der Waals surface area contributed by atoms with Crippen molar-refractivity contribution in [1.82, 2.24) is 0 Å². The van der Waals surface area contributed by atoms with Gasteiger partial charge in [-0.2, -0.15) is 0 Å². The number of benzene rings is 2. The molecule has 0 unspecified atom stereocenters. The molecule has 0 atom stereocenters. The van der Waals surface area contributed by atoms with Gasteiger partial charge in [0, 0.05) is 18.8 Å². The molecule has 142 valence electrons. The van der Waals surface area contributed by atoms with Crippen molar-refractivity contribution < 1.29 is 23.5 Å². The number of halogens is 1. The molecule has 0 aromatic heterocycles. The quantitative estimate of drug-likeness (QED) is 0.818.